The summed E-state index contributed by atoms with van der Waals surface area (Å²) in [6, 6.07) is 8.21. The van der Waals surface area contributed by atoms with E-state index in [0.29, 0.717) is 0 Å². The average Bonchev–Trinajstić information content (AvgIpc) is 3.19. The topological polar surface area (TPSA) is 36.4 Å². The van der Waals surface area contributed by atoms with Gasteiger partial charge in [-0.15, -0.1) is 11.3 Å². The quantitative estimate of drug-likeness (QED) is 0.855. The summed E-state index contributed by atoms with van der Waals surface area (Å²) in [4.78, 5) is 22.9. The minimum Gasteiger partial charge on any atom is -0.307 e. The lowest BCUT2D eigenvalue weighted by Gasteiger charge is -2.25. The minimum absolute atomic E-state index is 0.111. The SMILES string of the molecule is Cc1nc(CN2CCCCC2)sc1C(=O)N1CCc2ccccc21. The van der Waals surface area contributed by atoms with E-state index in [1.807, 2.05) is 30.0 Å². The Morgan fingerprint density at radius 1 is 1.17 bits per heavy atom. The van der Waals surface area contributed by atoms with Crippen molar-refractivity contribution in [2.75, 3.05) is 24.5 Å². The predicted octanol–water partition coefficient (Wildman–Crippen LogP) is 3.64. The molecule has 4 nitrogen and oxygen atoms in total. The molecule has 0 atom stereocenters. The van der Waals surface area contributed by atoms with Gasteiger partial charge in [0.15, 0.2) is 0 Å². The minimum atomic E-state index is 0.111. The molecule has 0 spiro atoms. The number of anilines is 1. The van der Waals surface area contributed by atoms with Crippen LogP contribution in [0.15, 0.2) is 24.3 Å². The molecule has 3 heterocycles. The standard InChI is InChI=1S/C19H23N3OS/c1-14-18(24-17(20-14)13-21-10-5-2-6-11-21)19(23)22-12-9-15-7-3-4-8-16(15)22/h3-4,7-8H,2,5-6,9-13H2,1H3. The number of thiazole rings is 1. The zero-order valence-electron chi connectivity index (χ0n) is 14.1. The van der Waals surface area contributed by atoms with Crippen LogP contribution in [0.1, 0.15) is 45.2 Å². The van der Waals surface area contributed by atoms with Gasteiger partial charge >= 0.3 is 0 Å². The number of hydrogen-bond acceptors (Lipinski definition) is 4. The number of nitrogens with zero attached hydrogens (tertiary/aromatic N) is 3. The van der Waals surface area contributed by atoms with Crippen LogP contribution >= 0.6 is 11.3 Å². The summed E-state index contributed by atoms with van der Waals surface area (Å²) >= 11 is 1.58. The molecule has 1 fully saturated rings. The number of carbonyl (C=O) groups is 1. The van der Waals surface area contributed by atoms with Gasteiger partial charge < -0.3 is 4.90 Å². The summed E-state index contributed by atoms with van der Waals surface area (Å²) in [6.45, 7) is 5.93. The van der Waals surface area contributed by atoms with Gasteiger partial charge in [-0.1, -0.05) is 24.6 Å². The van der Waals surface area contributed by atoms with Gasteiger partial charge in [0.25, 0.3) is 5.91 Å². The molecular formula is C19H23N3OS. The molecule has 0 radical (unpaired) electrons. The van der Waals surface area contributed by atoms with Crippen LogP contribution in [0.4, 0.5) is 5.69 Å². The number of aryl methyl sites for hydroxylation is 1. The van der Waals surface area contributed by atoms with Gasteiger partial charge in [0.2, 0.25) is 0 Å². The molecule has 0 bridgehead atoms. The predicted molar refractivity (Wildman–Crippen MR) is 97.8 cm³/mol. The molecule has 1 amide bonds. The summed E-state index contributed by atoms with van der Waals surface area (Å²) < 4.78 is 0. The summed E-state index contributed by atoms with van der Waals surface area (Å²) in [6.07, 6.45) is 4.84. The van der Waals surface area contributed by atoms with Crippen molar-refractivity contribution in [3.63, 3.8) is 0 Å². The van der Waals surface area contributed by atoms with Crippen molar-refractivity contribution in [2.24, 2.45) is 0 Å². The first kappa shape index (κ1) is 15.8. The zero-order chi connectivity index (χ0) is 16.5. The highest BCUT2D eigenvalue weighted by Crippen LogP contribution is 2.31. The Hall–Kier alpha value is -1.72. The van der Waals surface area contributed by atoms with Gasteiger partial charge in [-0.2, -0.15) is 0 Å². The Morgan fingerprint density at radius 3 is 2.79 bits per heavy atom. The number of aromatic nitrogens is 1. The van der Waals surface area contributed by atoms with Gasteiger partial charge in [0.05, 0.1) is 12.2 Å². The van der Waals surface area contributed by atoms with Crippen molar-refractivity contribution in [3.05, 3.63) is 45.4 Å². The van der Waals surface area contributed by atoms with Crippen LogP contribution in [0.2, 0.25) is 0 Å². The van der Waals surface area contributed by atoms with E-state index in [0.717, 1.165) is 53.9 Å². The number of para-hydroxylation sites is 1. The third-order valence-corrected chi connectivity index (χ3v) is 6.11. The molecule has 0 aliphatic carbocycles. The van der Waals surface area contributed by atoms with Crippen molar-refractivity contribution in [1.82, 2.24) is 9.88 Å². The number of benzene rings is 1. The molecule has 126 valence electrons. The van der Waals surface area contributed by atoms with E-state index in [1.54, 1.807) is 11.3 Å². The summed E-state index contributed by atoms with van der Waals surface area (Å²) in [5.74, 6) is 0.111. The van der Waals surface area contributed by atoms with Crippen molar-refractivity contribution < 1.29 is 4.79 Å². The van der Waals surface area contributed by atoms with Crippen LogP contribution in [0.5, 0.6) is 0 Å². The lowest BCUT2D eigenvalue weighted by Crippen LogP contribution is -2.29. The molecule has 4 rings (SSSR count). The van der Waals surface area contributed by atoms with Crippen molar-refractivity contribution in [3.8, 4) is 0 Å². The molecule has 24 heavy (non-hydrogen) atoms. The lowest BCUT2D eigenvalue weighted by atomic mass is 10.1. The highest BCUT2D eigenvalue weighted by Gasteiger charge is 2.28. The monoisotopic (exact) mass is 341 g/mol. The highest BCUT2D eigenvalue weighted by atomic mass is 32.1. The van der Waals surface area contributed by atoms with E-state index in [2.05, 4.69) is 16.0 Å². The molecule has 5 heteroatoms. The van der Waals surface area contributed by atoms with Crippen molar-refractivity contribution in [1.29, 1.82) is 0 Å². The summed E-state index contributed by atoms with van der Waals surface area (Å²) in [5, 5.41) is 1.07. The number of fused-ring (bicyclic) bond motifs is 1. The van der Waals surface area contributed by atoms with Crippen LogP contribution in [-0.4, -0.2) is 35.4 Å². The van der Waals surface area contributed by atoms with Crippen LogP contribution < -0.4 is 4.90 Å². The first-order chi connectivity index (χ1) is 11.7. The van der Waals surface area contributed by atoms with E-state index in [9.17, 15) is 4.79 Å². The normalized spacial score (nSPS) is 18.0. The van der Waals surface area contributed by atoms with Crippen LogP contribution in [0, 0.1) is 6.92 Å². The molecule has 1 saturated heterocycles. The average molecular weight is 341 g/mol. The Kier molecular flexibility index (Phi) is 4.37. The molecular weight excluding hydrogens is 318 g/mol. The summed E-state index contributed by atoms with van der Waals surface area (Å²) in [7, 11) is 0. The molecule has 2 aliphatic heterocycles. The van der Waals surface area contributed by atoms with E-state index in [4.69, 9.17) is 0 Å². The van der Waals surface area contributed by atoms with E-state index < -0.39 is 0 Å². The Balaban J connectivity index is 1.53. The Morgan fingerprint density at radius 2 is 1.96 bits per heavy atom. The third kappa shape index (κ3) is 2.98. The fourth-order valence-corrected chi connectivity index (χ4v) is 4.76. The molecule has 0 N–H and O–H groups in total. The van der Waals surface area contributed by atoms with Crippen molar-refractivity contribution in [2.45, 2.75) is 39.2 Å². The number of hydrogen-bond donors (Lipinski definition) is 0. The molecule has 2 aromatic rings. The van der Waals surface area contributed by atoms with Crippen LogP contribution in [-0.2, 0) is 13.0 Å². The second kappa shape index (κ2) is 6.65. The first-order valence-electron chi connectivity index (χ1n) is 8.81. The lowest BCUT2D eigenvalue weighted by molar-refractivity contribution is 0.0992. The maximum Gasteiger partial charge on any atom is 0.270 e. The van der Waals surface area contributed by atoms with E-state index in [1.165, 1.54) is 24.8 Å². The number of carbonyl (C=O) groups excluding carboxylic acids is 1. The summed E-state index contributed by atoms with van der Waals surface area (Å²) in [5.41, 5.74) is 3.20. The second-order valence-electron chi connectivity index (χ2n) is 6.69. The van der Waals surface area contributed by atoms with Gasteiger partial charge in [-0.05, 0) is 50.9 Å². The molecule has 0 saturated carbocycles. The zero-order valence-corrected chi connectivity index (χ0v) is 14.9. The van der Waals surface area contributed by atoms with Crippen LogP contribution in [0.25, 0.3) is 0 Å². The molecule has 2 aliphatic rings. The molecule has 1 aromatic heterocycles. The van der Waals surface area contributed by atoms with Gasteiger partial charge in [-0.25, -0.2) is 4.98 Å². The van der Waals surface area contributed by atoms with Crippen LogP contribution in [0.3, 0.4) is 0 Å². The number of amides is 1. The molecule has 0 unspecified atom stereocenters. The maximum absolute atomic E-state index is 13.0. The Labute approximate surface area is 147 Å². The smallest absolute Gasteiger partial charge is 0.270 e. The van der Waals surface area contributed by atoms with Gasteiger partial charge in [0.1, 0.15) is 9.88 Å². The number of piperidine rings is 1. The maximum atomic E-state index is 13.0. The third-order valence-electron chi connectivity index (χ3n) is 4.97. The first-order valence-corrected chi connectivity index (χ1v) is 9.62. The molecule has 1 aromatic carbocycles. The fraction of sp³-hybridized carbons (Fsp3) is 0.474. The fourth-order valence-electron chi connectivity index (χ4n) is 3.70. The Bertz CT molecular complexity index is 749. The van der Waals surface area contributed by atoms with E-state index in [-0.39, 0.29) is 5.91 Å². The van der Waals surface area contributed by atoms with Crippen molar-refractivity contribution >= 4 is 22.9 Å². The van der Waals surface area contributed by atoms with E-state index >= 15 is 0 Å². The number of rotatable bonds is 3. The largest absolute Gasteiger partial charge is 0.307 e. The van der Waals surface area contributed by atoms with Gasteiger partial charge in [-0.3, -0.25) is 9.69 Å². The number of likely N-dealkylation sites (tertiary alicyclic amines) is 1. The van der Waals surface area contributed by atoms with Gasteiger partial charge in [0, 0.05) is 12.2 Å². The highest BCUT2D eigenvalue weighted by molar-refractivity contribution is 7.13. The second-order valence-corrected chi connectivity index (χ2v) is 7.78.